The quantitative estimate of drug-likeness (QED) is 0.804. The van der Waals surface area contributed by atoms with Crippen LogP contribution in [0.3, 0.4) is 0 Å². The van der Waals surface area contributed by atoms with Crippen LogP contribution < -0.4 is 10.2 Å². The Balaban J connectivity index is 1.84. The van der Waals surface area contributed by atoms with Crippen molar-refractivity contribution < 1.29 is 19.1 Å². The Bertz CT molecular complexity index is 588. The molecule has 7 heteroatoms. The summed E-state index contributed by atoms with van der Waals surface area (Å²) < 4.78 is 4.77. The van der Waals surface area contributed by atoms with Crippen LogP contribution in [0.1, 0.15) is 26.2 Å². The predicted molar refractivity (Wildman–Crippen MR) is 86.2 cm³/mol. The molecule has 0 radical (unpaired) electrons. The van der Waals surface area contributed by atoms with Crippen LogP contribution in [-0.4, -0.2) is 37.0 Å². The smallest absolute Gasteiger partial charge is 0.306 e. The zero-order chi connectivity index (χ0) is 16.8. The fraction of sp³-hybridized carbons (Fsp3) is 0.438. The molecule has 2 amide bonds. The number of hydrogen-bond donors (Lipinski definition) is 1. The van der Waals surface area contributed by atoms with E-state index >= 15 is 0 Å². The van der Waals surface area contributed by atoms with Crippen molar-refractivity contribution in [3.8, 4) is 0 Å². The number of nitrogens with one attached hydrogen (secondary N) is 1. The number of ether oxygens (including phenoxy) is 1. The summed E-state index contributed by atoms with van der Waals surface area (Å²) in [6.45, 7) is 2.42. The van der Waals surface area contributed by atoms with Crippen molar-refractivity contribution in [3.63, 3.8) is 0 Å². The van der Waals surface area contributed by atoms with Crippen molar-refractivity contribution in [1.29, 1.82) is 0 Å². The maximum atomic E-state index is 12.1. The Hall–Kier alpha value is -2.08. The second kappa shape index (κ2) is 7.97. The first-order valence-corrected chi connectivity index (χ1v) is 7.88. The summed E-state index contributed by atoms with van der Waals surface area (Å²) in [6, 6.07) is 6.72. The number of rotatable bonds is 6. The van der Waals surface area contributed by atoms with Gasteiger partial charge in [-0.15, -0.1) is 0 Å². The van der Waals surface area contributed by atoms with Gasteiger partial charge in [-0.2, -0.15) is 0 Å². The minimum atomic E-state index is -0.395. The molecule has 0 saturated carbocycles. The number of amides is 2. The minimum Gasteiger partial charge on any atom is -0.466 e. The number of carbonyl (C=O) groups is 3. The van der Waals surface area contributed by atoms with E-state index in [1.807, 2.05) is 0 Å². The number of halogens is 1. The van der Waals surface area contributed by atoms with E-state index in [0.717, 1.165) is 5.69 Å². The summed E-state index contributed by atoms with van der Waals surface area (Å²) in [6.07, 6.45) is 0.347. The molecule has 124 valence electrons. The summed E-state index contributed by atoms with van der Waals surface area (Å²) in [5, 5.41) is 3.38. The first kappa shape index (κ1) is 17.3. The third kappa shape index (κ3) is 4.96. The third-order valence-electron chi connectivity index (χ3n) is 3.49. The fourth-order valence-corrected chi connectivity index (χ4v) is 2.55. The molecule has 6 nitrogen and oxygen atoms in total. The summed E-state index contributed by atoms with van der Waals surface area (Å²) >= 11 is 5.84. The highest BCUT2D eigenvalue weighted by Gasteiger charge is 2.31. The molecule has 0 spiro atoms. The van der Waals surface area contributed by atoms with Crippen molar-refractivity contribution in [2.75, 3.05) is 18.1 Å². The van der Waals surface area contributed by atoms with Crippen molar-refractivity contribution in [1.82, 2.24) is 5.32 Å². The summed E-state index contributed by atoms with van der Waals surface area (Å²) in [4.78, 5) is 36.8. The Morgan fingerprint density at radius 1 is 1.30 bits per heavy atom. The van der Waals surface area contributed by atoms with Crippen molar-refractivity contribution in [2.24, 2.45) is 0 Å². The van der Waals surface area contributed by atoms with E-state index in [-0.39, 0.29) is 37.1 Å². The lowest BCUT2D eigenvalue weighted by molar-refractivity contribution is -0.144. The molecule has 1 aliphatic heterocycles. The molecule has 0 aliphatic carbocycles. The highest BCUT2D eigenvalue weighted by molar-refractivity contribution is 6.30. The number of anilines is 1. The molecule has 1 aromatic rings. The van der Waals surface area contributed by atoms with E-state index in [4.69, 9.17) is 16.3 Å². The van der Waals surface area contributed by atoms with Gasteiger partial charge in [0.15, 0.2) is 0 Å². The van der Waals surface area contributed by atoms with Gasteiger partial charge >= 0.3 is 5.97 Å². The highest BCUT2D eigenvalue weighted by atomic mass is 35.5. The number of nitrogens with zero attached hydrogens (tertiary/aromatic N) is 1. The normalized spacial score (nSPS) is 17.2. The van der Waals surface area contributed by atoms with E-state index in [1.165, 1.54) is 0 Å². The lowest BCUT2D eigenvalue weighted by Crippen LogP contribution is -2.37. The minimum absolute atomic E-state index is 0.0429. The second-order valence-electron chi connectivity index (χ2n) is 5.25. The van der Waals surface area contributed by atoms with E-state index < -0.39 is 5.97 Å². The molecule has 1 heterocycles. The molecular formula is C16H19ClN2O4. The van der Waals surface area contributed by atoms with Gasteiger partial charge in [-0.3, -0.25) is 14.4 Å². The molecule has 23 heavy (non-hydrogen) atoms. The van der Waals surface area contributed by atoms with Crippen LogP contribution in [0.5, 0.6) is 0 Å². The lowest BCUT2D eigenvalue weighted by atomic mass is 10.2. The van der Waals surface area contributed by atoms with Crippen molar-refractivity contribution in [3.05, 3.63) is 29.3 Å². The molecular weight excluding hydrogens is 320 g/mol. The predicted octanol–water partition coefficient (Wildman–Crippen LogP) is 1.90. The standard InChI is InChI=1S/C16H19ClN2O4/c1-2-23-16(22)8-7-14(20)18-12-9-15(21)19(10-12)13-5-3-11(17)4-6-13/h3-6,12H,2,7-10H2,1H3,(H,18,20)/t12-/m0/s1. The molecule has 1 aliphatic rings. The lowest BCUT2D eigenvalue weighted by Gasteiger charge is -2.17. The van der Waals surface area contributed by atoms with Crippen LogP contribution in [0.4, 0.5) is 5.69 Å². The molecule has 0 bridgehead atoms. The monoisotopic (exact) mass is 338 g/mol. The van der Waals surface area contributed by atoms with Crippen LogP contribution in [0.2, 0.25) is 5.02 Å². The van der Waals surface area contributed by atoms with E-state index in [2.05, 4.69) is 5.32 Å². The first-order chi connectivity index (χ1) is 11.0. The van der Waals surface area contributed by atoms with Crippen LogP contribution in [-0.2, 0) is 19.1 Å². The van der Waals surface area contributed by atoms with E-state index in [1.54, 1.807) is 36.1 Å². The van der Waals surface area contributed by atoms with Gasteiger partial charge in [0.1, 0.15) is 0 Å². The Labute approximate surface area is 139 Å². The average molecular weight is 339 g/mol. The van der Waals surface area contributed by atoms with Gasteiger partial charge in [0.05, 0.1) is 19.1 Å². The molecule has 1 atom stereocenters. The molecule has 1 saturated heterocycles. The third-order valence-corrected chi connectivity index (χ3v) is 3.74. The van der Waals surface area contributed by atoms with Gasteiger partial charge < -0.3 is 15.0 Å². The van der Waals surface area contributed by atoms with Gasteiger partial charge in [0.25, 0.3) is 0 Å². The number of benzene rings is 1. The van der Waals surface area contributed by atoms with Crippen molar-refractivity contribution >= 4 is 35.1 Å². The van der Waals surface area contributed by atoms with Gasteiger partial charge in [0, 0.05) is 30.1 Å². The summed E-state index contributed by atoms with van der Waals surface area (Å²) in [7, 11) is 0. The van der Waals surface area contributed by atoms with Crippen LogP contribution in [0, 0.1) is 0 Å². The first-order valence-electron chi connectivity index (χ1n) is 7.50. The summed E-state index contributed by atoms with van der Waals surface area (Å²) in [5.41, 5.74) is 0.752. The van der Waals surface area contributed by atoms with Crippen molar-refractivity contribution in [2.45, 2.75) is 32.2 Å². The van der Waals surface area contributed by atoms with Crippen LogP contribution in [0.15, 0.2) is 24.3 Å². The molecule has 0 unspecified atom stereocenters. The van der Waals surface area contributed by atoms with Gasteiger partial charge in [0.2, 0.25) is 11.8 Å². The maximum absolute atomic E-state index is 12.1. The molecule has 0 aromatic heterocycles. The van der Waals surface area contributed by atoms with Crippen LogP contribution in [0.25, 0.3) is 0 Å². The number of esters is 1. The Morgan fingerprint density at radius 2 is 2.00 bits per heavy atom. The van der Waals surface area contributed by atoms with E-state index in [9.17, 15) is 14.4 Å². The SMILES string of the molecule is CCOC(=O)CCC(=O)N[C@H]1CC(=O)N(c2ccc(Cl)cc2)C1. The molecule has 1 fully saturated rings. The largest absolute Gasteiger partial charge is 0.466 e. The number of carbonyl (C=O) groups excluding carboxylic acids is 3. The zero-order valence-corrected chi connectivity index (χ0v) is 13.6. The molecule has 1 aromatic carbocycles. The molecule has 1 N–H and O–H groups in total. The van der Waals surface area contributed by atoms with Crippen LogP contribution >= 0.6 is 11.6 Å². The van der Waals surface area contributed by atoms with Gasteiger partial charge in [-0.25, -0.2) is 0 Å². The maximum Gasteiger partial charge on any atom is 0.306 e. The van der Waals surface area contributed by atoms with Gasteiger partial charge in [-0.05, 0) is 31.2 Å². The topological polar surface area (TPSA) is 75.7 Å². The van der Waals surface area contributed by atoms with E-state index in [0.29, 0.717) is 18.2 Å². The zero-order valence-electron chi connectivity index (χ0n) is 12.9. The molecule has 2 rings (SSSR count). The average Bonchev–Trinajstić information content (AvgIpc) is 2.87. The number of hydrogen-bond acceptors (Lipinski definition) is 4. The van der Waals surface area contributed by atoms with Gasteiger partial charge in [-0.1, -0.05) is 11.6 Å². The Kier molecular flexibility index (Phi) is 5.98. The second-order valence-corrected chi connectivity index (χ2v) is 5.69. The Morgan fingerprint density at radius 3 is 2.65 bits per heavy atom. The highest BCUT2D eigenvalue weighted by Crippen LogP contribution is 2.23. The summed E-state index contributed by atoms with van der Waals surface area (Å²) in [5.74, 6) is -0.704. The fourth-order valence-electron chi connectivity index (χ4n) is 2.42.